The van der Waals surface area contributed by atoms with Crippen molar-refractivity contribution >= 4 is 0 Å². The highest BCUT2D eigenvalue weighted by Gasteiger charge is 2.35. The third kappa shape index (κ3) is 2.55. The average Bonchev–Trinajstić information content (AvgIpc) is 2.29. The molecule has 94 valence electrons. The van der Waals surface area contributed by atoms with Gasteiger partial charge in [-0.3, -0.25) is 0 Å². The number of rotatable bonds is 2. The molecule has 1 nitrogen and oxygen atoms in total. The Balaban J connectivity index is 2.26. The Labute approximate surface area is 105 Å². The van der Waals surface area contributed by atoms with Crippen molar-refractivity contribution in [1.82, 2.24) is 0 Å². The van der Waals surface area contributed by atoms with Crippen molar-refractivity contribution in [2.24, 2.45) is 17.6 Å². The van der Waals surface area contributed by atoms with Crippen LogP contribution in [0.3, 0.4) is 0 Å². The predicted octanol–water partition coefficient (Wildman–Crippen LogP) is 4.00. The molecule has 0 saturated heterocycles. The van der Waals surface area contributed by atoms with Gasteiger partial charge in [-0.15, -0.1) is 0 Å². The van der Waals surface area contributed by atoms with Gasteiger partial charge in [0.15, 0.2) is 0 Å². The van der Waals surface area contributed by atoms with Gasteiger partial charge in [-0.1, -0.05) is 44.0 Å². The molecule has 17 heavy (non-hydrogen) atoms. The van der Waals surface area contributed by atoms with Crippen LogP contribution in [0.5, 0.6) is 0 Å². The van der Waals surface area contributed by atoms with Crippen LogP contribution >= 0.6 is 0 Å². The molecule has 1 aliphatic rings. The van der Waals surface area contributed by atoms with Crippen molar-refractivity contribution < 1.29 is 0 Å². The monoisotopic (exact) mass is 231 g/mol. The van der Waals surface area contributed by atoms with Gasteiger partial charge in [0.1, 0.15) is 0 Å². The van der Waals surface area contributed by atoms with Gasteiger partial charge in [0.2, 0.25) is 0 Å². The van der Waals surface area contributed by atoms with Crippen LogP contribution < -0.4 is 5.73 Å². The standard InChI is InChI=1S/C16H25N/c1-12-7-6-9-14(11-12)16(3,17)15-10-5-4-8-13(15)2/h4-5,8,10,12,14H,6-7,9,11,17H2,1-3H3. The summed E-state index contributed by atoms with van der Waals surface area (Å²) >= 11 is 0. The first-order valence-corrected chi connectivity index (χ1v) is 6.87. The lowest BCUT2D eigenvalue weighted by atomic mass is 9.69. The van der Waals surface area contributed by atoms with E-state index in [9.17, 15) is 0 Å². The van der Waals surface area contributed by atoms with Gasteiger partial charge < -0.3 is 5.73 Å². The Morgan fingerprint density at radius 3 is 2.59 bits per heavy atom. The van der Waals surface area contributed by atoms with Gasteiger partial charge in [-0.2, -0.15) is 0 Å². The van der Waals surface area contributed by atoms with E-state index in [4.69, 9.17) is 5.73 Å². The summed E-state index contributed by atoms with van der Waals surface area (Å²) in [6.07, 6.45) is 5.28. The fourth-order valence-corrected chi connectivity index (χ4v) is 3.38. The average molecular weight is 231 g/mol. The molecule has 1 aliphatic carbocycles. The zero-order chi connectivity index (χ0) is 12.5. The molecule has 1 aromatic carbocycles. The summed E-state index contributed by atoms with van der Waals surface area (Å²) in [7, 11) is 0. The van der Waals surface area contributed by atoms with Crippen LogP contribution in [-0.4, -0.2) is 0 Å². The maximum absolute atomic E-state index is 6.68. The van der Waals surface area contributed by atoms with Crippen molar-refractivity contribution in [3.63, 3.8) is 0 Å². The molecule has 1 fully saturated rings. The number of nitrogens with two attached hydrogens (primary N) is 1. The second-order valence-corrected chi connectivity index (χ2v) is 6.07. The number of benzene rings is 1. The molecule has 0 radical (unpaired) electrons. The maximum Gasteiger partial charge on any atom is 0.0412 e. The Kier molecular flexibility index (Phi) is 3.58. The lowest BCUT2D eigenvalue weighted by Gasteiger charge is -2.40. The Bertz CT molecular complexity index is 381. The predicted molar refractivity (Wildman–Crippen MR) is 73.8 cm³/mol. The molecule has 1 heteroatoms. The van der Waals surface area contributed by atoms with E-state index in [1.54, 1.807) is 0 Å². The van der Waals surface area contributed by atoms with Gasteiger partial charge >= 0.3 is 0 Å². The highest BCUT2D eigenvalue weighted by molar-refractivity contribution is 5.32. The Hall–Kier alpha value is -0.820. The van der Waals surface area contributed by atoms with E-state index in [2.05, 4.69) is 45.0 Å². The lowest BCUT2D eigenvalue weighted by Crippen LogP contribution is -2.43. The van der Waals surface area contributed by atoms with E-state index in [1.165, 1.54) is 36.8 Å². The Morgan fingerprint density at radius 2 is 1.94 bits per heavy atom. The van der Waals surface area contributed by atoms with Crippen molar-refractivity contribution in [3.8, 4) is 0 Å². The molecule has 2 rings (SSSR count). The summed E-state index contributed by atoms with van der Waals surface area (Å²) < 4.78 is 0. The first kappa shape index (κ1) is 12.6. The largest absolute Gasteiger partial charge is 0.321 e. The molecular formula is C16H25N. The topological polar surface area (TPSA) is 26.0 Å². The van der Waals surface area contributed by atoms with Gasteiger partial charge in [-0.25, -0.2) is 0 Å². The molecule has 0 aromatic heterocycles. The summed E-state index contributed by atoms with van der Waals surface area (Å²) in [4.78, 5) is 0. The minimum atomic E-state index is -0.167. The molecule has 1 aromatic rings. The van der Waals surface area contributed by atoms with E-state index in [1.807, 2.05) is 0 Å². The van der Waals surface area contributed by atoms with E-state index >= 15 is 0 Å². The van der Waals surface area contributed by atoms with Gasteiger partial charge in [0.05, 0.1) is 0 Å². The Morgan fingerprint density at radius 1 is 1.24 bits per heavy atom. The summed E-state index contributed by atoms with van der Waals surface area (Å²) in [5.74, 6) is 1.47. The minimum Gasteiger partial charge on any atom is -0.321 e. The van der Waals surface area contributed by atoms with Crippen LogP contribution in [0.25, 0.3) is 0 Å². The summed E-state index contributed by atoms with van der Waals surface area (Å²) in [6, 6.07) is 8.58. The molecule has 0 heterocycles. The molecule has 3 unspecified atom stereocenters. The van der Waals surface area contributed by atoms with E-state index in [0.717, 1.165) is 5.92 Å². The van der Waals surface area contributed by atoms with Crippen LogP contribution in [0.1, 0.15) is 50.7 Å². The minimum absolute atomic E-state index is 0.167. The number of aryl methyl sites for hydroxylation is 1. The van der Waals surface area contributed by atoms with Crippen molar-refractivity contribution in [2.45, 2.75) is 52.0 Å². The second-order valence-electron chi connectivity index (χ2n) is 6.07. The lowest BCUT2D eigenvalue weighted by molar-refractivity contribution is 0.184. The van der Waals surface area contributed by atoms with Gasteiger partial charge in [0.25, 0.3) is 0 Å². The zero-order valence-corrected chi connectivity index (χ0v) is 11.4. The van der Waals surface area contributed by atoms with E-state index in [0.29, 0.717) is 5.92 Å². The molecule has 0 spiro atoms. The summed E-state index contributed by atoms with van der Waals surface area (Å²) in [5.41, 5.74) is 9.17. The van der Waals surface area contributed by atoms with E-state index < -0.39 is 0 Å². The first-order valence-electron chi connectivity index (χ1n) is 6.87. The number of hydrogen-bond acceptors (Lipinski definition) is 1. The third-order valence-corrected chi connectivity index (χ3v) is 4.51. The molecule has 0 bridgehead atoms. The van der Waals surface area contributed by atoms with Crippen molar-refractivity contribution in [2.75, 3.05) is 0 Å². The van der Waals surface area contributed by atoms with Crippen molar-refractivity contribution in [3.05, 3.63) is 35.4 Å². The molecule has 1 saturated carbocycles. The third-order valence-electron chi connectivity index (χ3n) is 4.51. The van der Waals surface area contributed by atoms with Crippen LogP contribution in [0.15, 0.2) is 24.3 Å². The molecule has 2 N–H and O–H groups in total. The fourth-order valence-electron chi connectivity index (χ4n) is 3.38. The fraction of sp³-hybridized carbons (Fsp3) is 0.625. The molecule has 3 atom stereocenters. The SMILES string of the molecule is Cc1ccccc1C(C)(N)C1CCCC(C)C1. The zero-order valence-electron chi connectivity index (χ0n) is 11.4. The van der Waals surface area contributed by atoms with Crippen LogP contribution in [0.4, 0.5) is 0 Å². The van der Waals surface area contributed by atoms with Crippen molar-refractivity contribution in [1.29, 1.82) is 0 Å². The maximum atomic E-state index is 6.68. The molecule has 0 aliphatic heterocycles. The van der Waals surface area contributed by atoms with Crippen LogP contribution in [-0.2, 0) is 5.54 Å². The quantitative estimate of drug-likeness (QED) is 0.818. The van der Waals surface area contributed by atoms with E-state index in [-0.39, 0.29) is 5.54 Å². The molecular weight excluding hydrogens is 206 g/mol. The smallest absolute Gasteiger partial charge is 0.0412 e. The van der Waals surface area contributed by atoms with Crippen LogP contribution in [0, 0.1) is 18.8 Å². The van der Waals surface area contributed by atoms with Gasteiger partial charge in [0, 0.05) is 5.54 Å². The first-order chi connectivity index (χ1) is 8.01. The highest BCUT2D eigenvalue weighted by atomic mass is 14.8. The number of hydrogen-bond donors (Lipinski definition) is 1. The van der Waals surface area contributed by atoms with Crippen LogP contribution in [0.2, 0.25) is 0 Å². The normalized spacial score (nSPS) is 28.7. The van der Waals surface area contributed by atoms with Gasteiger partial charge in [-0.05, 0) is 49.7 Å². The highest BCUT2D eigenvalue weighted by Crippen LogP contribution is 2.40. The second kappa shape index (κ2) is 4.81. The summed E-state index contributed by atoms with van der Waals surface area (Å²) in [6.45, 7) is 6.75. The summed E-state index contributed by atoms with van der Waals surface area (Å²) in [5, 5.41) is 0. The molecule has 0 amide bonds.